The zero-order valence-electron chi connectivity index (χ0n) is 20.4. The van der Waals surface area contributed by atoms with Crippen molar-refractivity contribution < 1.29 is 52.4 Å². The molecule has 1 fully saturated rings. The van der Waals surface area contributed by atoms with Gasteiger partial charge in [0.2, 0.25) is 12.0 Å². The predicted octanol–water partition coefficient (Wildman–Crippen LogP) is 0.641. The molecule has 2 aromatic rings. The van der Waals surface area contributed by atoms with E-state index in [-0.39, 0.29) is 22.5 Å². The van der Waals surface area contributed by atoms with E-state index in [1.165, 1.54) is 26.3 Å². The lowest BCUT2D eigenvalue weighted by Crippen LogP contribution is -2.48. The van der Waals surface area contributed by atoms with Gasteiger partial charge in [0.05, 0.1) is 7.11 Å². The molecule has 0 saturated carbocycles. The molecule has 0 aromatic carbocycles. The van der Waals surface area contributed by atoms with Gasteiger partial charge in [-0.2, -0.15) is 9.78 Å². The molecule has 14 heteroatoms. The van der Waals surface area contributed by atoms with Crippen LogP contribution in [0.2, 0.25) is 0 Å². The van der Waals surface area contributed by atoms with Crippen LogP contribution in [0.4, 0.5) is 0 Å². The van der Waals surface area contributed by atoms with Gasteiger partial charge in [-0.15, -0.1) is 0 Å². The number of pyridine rings is 1. The third-order valence-electron chi connectivity index (χ3n) is 5.08. The Labute approximate surface area is 204 Å². The molecule has 1 aliphatic heterocycles. The van der Waals surface area contributed by atoms with Crippen LogP contribution >= 0.6 is 0 Å². The zero-order chi connectivity index (χ0) is 26.8. The number of ether oxygens (including phenoxy) is 6. The number of esters is 4. The van der Waals surface area contributed by atoms with Crippen LogP contribution in [0, 0.1) is 0 Å². The lowest BCUT2D eigenvalue weighted by Gasteiger charge is -2.31. The molecule has 1 saturated heterocycles. The zero-order valence-corrected chi connectivity index (χ0v) is 20.4. The van der Waals surface area contributed by atoms with Crippen LogP contribution in [0.1, 0.15) is 45.1 Å². The van der Waals surface area contributed by atoms with Gasteiger partial charge in [-0.3, -0.25) is 29.0 Å². The lowest BCUT2D eigenvalue weighted by atomic mass is 10.0. The van der Waals surface area contributed by atoms with Crippen molar-refractivity contribution in [1.29, 1.82) is 0 Å². The van der Waals surface area contributed by atoms with Gasteiger partial charge in [0.15, 0.2) is 11.8 Å². The van der Waals surface area contributed by atoms with Gasteiger partial charge in [-0.25, -0.2) is 0 Å². The third kappa shape index (κ3) is 4.98. The number of rotatable bonds is 7. The minimum atomic E-state index is -2.36. The predicted molar refractivity (Wildman–Crippen MR) is 116 cm³/mol. The van der Waals surface area contributed by atoms with Crippen molar-refractivity contribution in [1.82, 2.24) is 14.8 Å². The molecule has 0 unspecified atom stereocenters. The summed E-state index contributed by atoms with van der Waals surface area (Å²) in [6.45, 7) is 5.16. The number of nitrogens with zero attached hydrogens (tertiary/aromatic N) is 3. The minimum absolute atomic E-state index is 0.0117. The van der Waals surface area contributed by atoms with E-state index in [1.807, 2.05) is 0 Å². The lowest BCUT2D eigenvalue weighted by molar-refractivity contribution is -0.263. The fourth-order valence-electron chi connectivity index (χ4n) is 3.92. The smallest absolute Gasteiger partial charge is 0.305 e. The highest BCUT2D eigenvalue weighted by atomic mass is 16.8. The summed E-state index contributed by atoms with van der Waals surface area (Å²) in [4.78, 5) is 64.6. The first-order valence-electron chi connectivity index (χ1n) is 10.7. The fraction of sp³-hybridized carbons (Fsp3) is 0.500. The van der Waals surface area contributed by atoms with Gasteiger partial charge < -0.3 is 28.4 Å². The van der Waals surface area contributed by atoms with Crippen LogP contribution in [-0.2, 0) is 48.6 Å². The Morgan fingerprint density at radius 2 is 1.67 bits per heavy atom. The summed E-state index contributed by atoms with van der Waals surface area (Å²) in [6.07, 6.45) is -2.96. The number of carbonyl (C=O) groups excluding carboxylic acids is 5. The molecule has 4 atom stereocenters. The highest BCUT2D eigenvalue weighted by molar-refractivity contribution is 5.93. The SMILES string of the molecule is COc1ccnc2c([C@]3(OC(C)=O)O[C@H](COC(C)=O)[C@@H](OC(C)=O)[C@H]3OC(C)=O)nn(C(C)=O)c12. The topological polar surface area (TPSA) is 171 Å². The average Bonchev–Trinajstić information content (AvgIpc) is 3.29. The van der Waals surface area contributed by atoms with Crippen molar-refractivity contribution >= 4 is 40.8 Å². The van der Waals surface area contributed by atoms with Crippen LogP contribution in [-0.4, -0.2) is 76.6 Å². The molecule has 14 nitrogen and oxygen atoms in total. The van der Waals surface area contributed by atoms with Crippen molar-refractivity contribution in [2.75, 3.05) is 13.7 Å². The third-order valence-corrected chi connectivity index (χ3v) is 5.08. The largest absolute Gasteiger partial charge is 0.494 e. The Kier molecular flexibility index (Phi) is 7.57. The van der Waals surface area contributed by atoms with Gasteiger partial charge in [-0.05, 0) is 0 Å². The van der Waals surface area contributed by atoms with Gasteiger partial charge in [-0.1, -0.05) is 0 Å². The van der Waals surface area contributed by atoms with Crippen LogP contribution < -0.4 is 4.74 Å². The summed E-state index contributed by atoms with van der Waals surface area (Å²) in [5.41, 5.74) is -0.111. The molecule has 2 aromatic heterocycles. The standard InChI is InChI=1S/C22H25N3O11/c1-10(26)25-18-15(31-6)7-8-23-17(18)20(24-25)22(35-14(5)30)21(34-13(4)29)19(33-12(3)28)16(36-22)9-32-11(2)27/h7-8,16,19,21H,9H2,1-6H3/t16-,19-,21-,22+/m1/s1. The van der Waals surface area contributed by atoms with Crippen molar-refractivity contribution in [3.05, 3.63) is 18.0 Å². The van der Waals surface area contributed by atoms with E-state index < -0.39 is 60.5 Å². The Morgan fingerprint density at radius 1 is 1.00 bits per heavy atom. The molecule has 36 heavy (non-hydrogen) atoms. The van der Waals surface area contributed by atoms with Crippen molar-refractivity contribution in [3.8, 4) is 5.75 Å². The second-order valence-corrected chi connectivity index (χ2v) is 7.81. The Balaban J connectivity index is 2.35. The minimum Gasteiger partial charge on any atom is -0.494 e. The Hall–Kier alpha value is -4.07. The van der Waals surface area contributed by atoms with Crippen LogP contribution in [0.3, 0.4) is 0 Å². The maximum absolute atomic E-state index is 12.4. The summed E-state index contributed by atoms with van der Waals surface area (Å²) in [5.74, 6) is -5.90. The van der Waals surface area contributed by atoms with Gasteiger partial charge in [0.25, 0.3) is 0 Å². The molecule has 3 heterocycles. The second-order valence-electron chi connectivity index (χ2n) is 7.81. The van der Waals surface area contributed by atoms with Crippen LogP contribution in [0.5, 0.6) is 5.75 Å². The molecule has 0 N–H and O–H groups in total. The van der Waals surface area contributed by atoms with Gasteiger partial charge >= 0.3 is 29.7 Å². The fourth-order valence-corrected chi connectivity index (χ4v) is 3.92. The van der Waals surface area contributed by atoms with E-state index in [4.69, 9.17) is 28.4 Å². The summed E-state index contributed by atoms with van der Waals surface area (Å²) < 4.78 is 33.8. The molecular formula is C22H25N3O11. The van der Waals surface area contributed by atoms with E-state index in [0.29, 0.717) is 0 Å². The molecule has 0 spiro atoms. The highest BCUT2D eigenvalue weighted by Gasteiger charge is 2.65. The maximum Gasteiger partial charge on any atom is 0.305 e. The molecule has 0 bridgehead atoms. The quantitative estimate of drug-likeness (QED) is 0.378. The van der Waals surface area contributed by atoms with Gasteiger partial charge in [0.1, 0.15) is 29.5 Å². The van der Waals surface area contributed by atoms with E-state index in [1.54, 1.807) is 0 Å². The monoisotopic (exact) mass is 507 g/mol. The number of hydrogen-bond donors (Lipinski definition) is 0. The maximum atomic E-state index is 12.4. The summed E-state index contributed by atoms with van der Waals surface area (Å²) in [6, 6.07) is 1.48. The number of fused-ring (bicyclic) bond motifs is 1. The Bertz CT molecular complexity index is 1220. The molecule has 1 aliphatic rings. The van der Waals surface area contributed by atoms with Crippen LogP contribution in [0.15, 0.2) is 12.3 Å². The second kappa shape index (κ2) is 10.3. The van der Waals surface area contributed by atoms with E-state index in [2.05, 4.69) is 10.1 Å². The summed E-state index contributed by atoms with van der Waals surface area (Å²) >= 11 is 0. The number of aromatic nitrogens is 3. The van der Waals surface area contributed by atoms with E-state index in [9.17, 15) is 24.0 Å². The molecule has 0 radical (unpaired) electrons. The molecule has 3 rings (SSSR count). The molecule has 194 valence electrons. The van der Waals surface area contributed by atoms with E-state index in [0.717, 1.165) is 32.4 Å². The molecular weight excluding hydrogens is 482 g/mol. The number of carbonyl (C=O) groups is 5. The number of hydrogen-bond acceptors (Lipinski definition) is 13. The average molecular weight is 507 g/mol. The Morgan fingerprint density at radius 3 is 2.19 bits per heavy atom. The van der Waals surface area contributed by atoms with Gasteiger partial charge in [0, 0.05) is 46.9 Å². The van der Waals surface area contributed by atoms with Crippen molar-refractivity contribution in [3.63, 3.8) is 0 Å². The van der Waals surface area contributed by atoms with Crippen LogP contribution in [0.25, 0.3) is 11.0 Å². The van der Waals surface area contributed by atoms with E-state index >= 15 is 0 Å². The van der Waals surface area contributed by atoms with Crippen molar-refractivity contribution in [2.24, 2.45) is 0 Å². The summed E-state index contributed by atoms with van der Waals surface area (Å²) in [7, 11) is 1.37. The molecule has 0 amide bonds. The first kappa shape index (κ1) is 26.5. The molecule has 0 aliphatic carbocycles. The first-order valence-corrected chi connectivity index (χ1v) is 10.7. The van der Waals surface area contributed by atoms with Crippen molar-refractivity contribution in [2.45, 2.75) is 58.7 Å². The highest BCUT2D eigenvalue weighted by Crippen LogP contribution is 2.46. The normalized spacial score (nSPS) is 23.1. The first-order chi connectivity index (χ1) is 16.9. The summed E-state index contributed by atoms with van der Waals surface area (Å²) in [5, 5.41) is 4.29. The number of methoxy groups -OCH3 is 1.